The van der Waals surface area contributed by atoms with Crippen LogP contribution < -0.4 is 22.4 Å². The number of carbonyl (C=O) groups is 1. The van der Waals surface area contributed by atoms with E-state index in [1.807, 2.05) is 0 Å². The van der Waals surface area contributed by atoms with E-state index in [1.54, 1.807) is 0 Å². The van der Waals surface area contributed by atoms with E-state index in [1.165, 1.54) is 0 Å². The summed E-state index contributed by atoms with van der Waals surface area (Å²) >= 11 is -1.28. The third-order valence-corrected chi connectivity index (χ3v) is 2.42. The van der Waals surface area contributed by atoms with Crippen LogP contribution in [0.15, 0.2) is 0 Å². The topological polar surface area (TPSA) is 98.0 Å². The Bertz CT molecular complexity index is 158. The van der Waals surface area contributed by atoms with Gasteiger partial charge in [-0.05, 0) is 0 Å². The minimum absolute atomic E-state index is 0.387. The molecule has 0 heterocycles. The van der Waals surface area contributed by atoms with E-state index in [4.69, 9.17) is 15.9 Å². The van der Waals surface area contributed by atoms with Crippen molar-refractivity contribution in [3.63, 3.8) is 0 Å². The van der Waals surface area contributed by atoms with Crippen molar-refractivity contribution in [3.05, 3.63) is 0 Å². The van der Waals surface area contributed by atoms with Gasteiger partial charge in [-0.1, -0.05) is 0 Å². The summed E-state index contributed by atoms with van der Waals surface area (Å²) in [5.41, 5.74) is 0. The number of rotatable bonds is 6. The van der Waals surface area contributed by atoms with Crippen LogP contribution in [0.2, 0.25) is 0 Å². The molecule has 5 nitrogen and oxygen atoms in total. The number of halogens is 1. The van der Waals surface area contributed by atoms with Gasteiger partial charge in [0.2, 0.25) is 0 Å². The molecule has 0 aromatic carbocycles. The molecular weight excluding hydrogens is 279 g/mol. The SMILES string of the molecule is [2H][I-][C@@H](C=O)[C@@H](O)[C@H](O)[C@H](O)CO. The van der Waals surface area contributed by atoms with Crippen LogP contribution in [0.25, 0.3) is 0 Å². The Kier molecular flexibility index (Phi) is 5.00. The molecule has 0 radical (unpaired) electrons. The number of hydrogen-bond acceptors (Lipinski definition) is 5. The molecule has 0 aliphatic heterocycles. The number of alkyl halides is 1. The van der Waals surface area contributed by atoms with E-state index in [9.17, 15) is 9.90 Å². The first-order chi connectivity index (χ1) is 6.08. The van der Waals surface area contributed by atoms with E-state index in [0.29, 0.717) is 6.29 Å². The van der Waals surface area contributed by atoms with Gasteiger partial charge in [-0.3, -0.25) is 0 Å². The average molecular weight is 292 g/mol. The van der Waals surface area contributed by atoms with Crippen molar-refractivity contribution < 1.29 is 47.6 Å². The van der Waals surface area contributed by atoms with Crippen LogP contribution in [0.3, 0.4) is 0 Å². The molecule has 0 aromatic heterocycles. The summed E-state index contributed by atoms with van der Waals surface area (Å²) in [5.74, 6) is 0. The van der Waals surface area contributed by atoms with Crippen LogP contribution in [-0.2, 0) is 4.79 Å². The first-order valence-corrected chi connectivity index (χ1v) is 4.53. The van der Waals surface area contributed by atoms with Gasteiger partial charge in [0, 0.05) is 0 Å². The van der Waals surface area contributed by atoms with Crippen LogP contribution in [0.4, 0.5) is 0 Å². The molecule has 4 atom stereocenters. The Hall–Kier alpha value is 0.240. The molecule has 0 amide bonds. The molecular formula is C6H12IO5-. The molecule has 0 saturated heterocycles. The van der Waals surface area contributed by atoms with Gasteiger partial charge in [0.25, 0.3) is 0 Å². The normalized spacial score (nSPS) is 22.5. The maximum atomic E-state index is 10.3. The van der Waals surface area contributed by atoms with Crippen molar-refractivity contribution in [3.8, 4) is 0 Å². The Morgan fingerprint density at radius 2 is 2.00 bits per heavy atom. The van der Waals surface area contributed by atoms with Gasteiger partial charge in [0.05, 0.1) is 0 Å². The fourth-order valence-corrected chi connectivity index (χ4v) is 1.03. The Morgan fingerprint density at radius 3 is 2.33 bits per heavy atom. The Labute approximate surface area is 83.6 Å². The molecule has 12 heavy (non-hydrogen) atoms. The van der Waals surface area contributed by atoms with Crippen molar-refractivity contribution in [2.75, 3.05) is 6.61 Å². The zero-order chi connectivity index (χ0) is 10.4. The summed E-state index contributed by atoms with van der Waals surface area (Å²) in [7, 11) is 0. The quantitative estimate of drug-likeness (QED) is 0.222. The van der Waals surface area contributed by atoms with Gasteiger partial charge >= 0.3 is 83.3 Å². The van der Waals surface area contributed by atoms with Gasteiger partial charge in [-0.15, -0.1) is 0 Å². The number of aliphatic hydroxyl groups excluding tert-OH is 4. The second-order valence-electron chi connectivity index (χ2n) is 2.31. The standard InChI is InChI=1S/C6H12IO5/c7-3(1-8)5(11)6(12)4(10)2-9/h1,3-7,9-12H,2H2/q-1/t3-,4+,5+,6+/m0/s1/i7D. The van der Waals surface area contributed by atoms with Crippen LogP contribution in [0, 0.1) is 0 Å². The summed E-state index contributed by atoms with van der Waals surface area (Å²) in [5, 5.41) is 35.7. The van der Waals surface area contributed by atoms with E-state index in [0.717, 1.165) is 0 Å². The molecule has 6 heteroatoms. The van der Waals surface area contributed by atoms with Crippen molar-refractivity contribution in [2.24, 2.45) is 0 Å². The third kappa shape index (κ3) is 3.31. The van der Waals surface area contributed by atoms with Gasteiger partial charge < -0.3 is 0 Å². The monoisotopic (exact) mass is 292 g/mol. The fourth-order valence-electron chi connectivity index (χ4n) is 0.604. The van der Waals surface area contributed by atoms with Crippen molar-refractivity contribution in [1.29, 1.82) is 0.594 Å². The molecule has 4 N–H and O–H groups in total. The number of hydrogen-bond donors (Lipinski definition) is 4. The Morgan fingerprint density at radius 1 is 1.42 bits per heavy atom. The van der Waals surface area contributed by atoms with Crippen molar-refractivity contribution >= 4 is 6.29 Å². The summed E-state index contributed by atoms with van der Waals surface area (Å²) in [4.78, 5) is 10.3. The van der Waals surface area contributed by atoms with E-state index in [2.05, 4.69) is 0 Å². The van der Waals surface area contributed by atoms with Gasteiger partial charge in [-0.2, -0.15) is 0 Å². The number of aliphatic hydroxyl groups is 4. The van der Waals surface area contributed by atoms with E-state index >= 15 is 0 Å². The summed E-state index contributed by atoms with van der Waals surface area (Å²) in [6.07, 6.45) is -4.14. The number of aldehydes is 1. The molecule has 0 rings (SSSR count). The molecule has 0 fully saturated rings. The van der Waals surface area contributed by atoms with Gasteiger partial charge in [0.1, 0.15) is 0 Å². The summed E-state index contributed by atoms with van der Waals surface area (Å²) < 4.78 is 6.01. The molecule has 0 saturated carbocycles. The molecule has 0 aliphatic carbocycles. The minimum atomic E-state index is -1.58. The van der Waals surface area contributed by atoms with E-state index in [-0.39, 0.29) is 0 Å². The second-order valence-corrected chi connectivity index (χ2v) is 3.75. The molecule has 0 bridgehead atoms. The van der Waals surface area contributed by atoms with E-state index < -0.39 is 51.2 Å². The van der Waals surface area contributed by atoms with Crippen LogP contribution in [0.1, 0.15) is 0 Å². The maximum absolute atomic E-state index is 10.3. The third-order valence-electron chi connectivity index (χ3n) is 1.39. The zero-order valence-corrected chi connectivity index (χ0v) is 8.33. The Balaban J connectivity index is 4.21. The molecule has 0 unspecified atom stereocenters. The van der Waals surface area contributed by atoms with Crippen LogP contribution in [-0.4, -0.2) is 56.1 Å². The predicted octanol–water partition coefficient (Wildman–Crippen LogP) is -6.09. The van der Waals surface area contributed by atoms with Gasteiger partial charge in [-0.25, -0.2) is 0 Å². The first-order valence-electron chi connectivity index (χ1n) is 3.66. The van der Waals surface area contributed by atoms with Gasteiger partial charge in [0.15, 0.2) is 0 Å². The predicted molar refractivity (Wildman–Crippen MR) is 36.4 cm³/mol. The van der Waals surface area contributed by atoms with Crippen LogP contribution in [0.5, 0.6) is 0 Å². The van der Waals surface area contributed by atoms with Crippen molar-refractivity contribution in [2.45, 2.75) is 22.2 Å². The first kappa shape index (κ1) is 10.3. The van der Waals surface area contributed by atoms with Crippen molar-refractivity contribution in [1.82, 2.24) is 0 Å². The zero-order valence-electron chi connectivity index (χ0n) is 7.17. The average Bonchev–Trinajstić information content (AvgIpc) is 2.17. The summed E-state index contributed by atoms with van der Waals surface area (Å²) in [6, 6.07) is 0. The fraction of sp³-hybridized carbons (Fsp3) is 0.833. The molecule has 0 aromatic rings. The molecule has 74 valence electrons. The molecule has 0 spiro atoms. The molecule has 0 aliphatic rings. The second kappa shape index (κ2) is 5.81. The number of carbonyl (C=O) groups excluding carboxylic acids is 1. The van der Waals surface area contributed by atoms with Crippen LogP contribution >= 0.6 is 0 Å². The summed E-state index contributed by atoms with van der Waals surface area (Å²) in [6.45, 7) is -0.694.